The maximum absolute atomic E-state index is 10.8. The summed E-state index contributed by atoms with van der Waals surface area (Å²) in [6, 6.07) is 12.5. The van der Waals surface area contributed by atoms with E-state index in [0.29, 0.717) is 22.9 Å². The van der Waals surface area contributed by atoms with E-state index in [2.05, 4.69) is 31.5 Å². The average molecular weight is 389 g/mol. The van der Waals surface area contributed by atoms with Crippen molar-refractivity contribution in [3.05, 3.63) is 58.3 Å². The number of hydrogen-bond acceptors (Lipinski definition) is 6. The van der Waals surface area contributed by atoms with Crippen LogP contribution in [0.5, 0.6) is 11.5 Å². The molecule has 3 aromatic rings. The van der Waals surface area contributed by atoms with Gasteiger partial charge in [-0.25, -0.2) is 0 Å². The smallest absolute Gasteiger partial charge is 0.194 e. The molecule has 8 heteroatoms. The molecule has 24 heavy (non-hydrogen) atoms. The molecule has 0 bridgehead atoms. The van der Waals surface area contributed by atoms with Crippen molar-refractivity contribution >= 4 is 22.2 Å². The molecule has 0 aliphatic rings. The maximum Gasteiger partial charge on any atom is 0.194 e. The molecule has 0 saturated carbocycles. The first-order valence-electron chi connectivity index (χ1n) is 7.00. The normalized spacial score (nSPS) is 10.4. The molecular formula is C16H13BrN4O3. The van der Waals surface area contributed by atoms with Crippen LogP contribution in [0, 0.1) is 0 Å². The SMILES string of the molecule is COc1cc(C=O)ccc1OCc1nnnn1-c1ccc(Br)cc1. The van der Waals surface area contributed by atoms with Crippen LogP contribution >= 0.6 is 15.9 Å². The van der Waals surface area contributed by atoms with E-state index in [1.807, 2.05) is 24.3 Å². The lowest BCUT2D eigenvalue weighted by Gasteiger charge is -2.11. The zero-order valence-corrected chi connectivity index (χ0v) is 14.3. The Labute approximate surface area is 146 Å². The van der Waals surface area contributed by atoms with Gasteiger partial charge in [-0.1, -0.05) is 15.9 Å². The number of aromatic nitrogens is 4. The van der Waals surface area contributed by atoms with Crippen LogP contribution in [-0.2, 0) is 6.61 Å². The molecule has 0 spiro atoms. The summed E-state index contributed by atoms with van der Waals surface area (Å²) in [6.45, 7) is 0.153. The van der Waals surface area contributed by atoms with Crippen LogP contribution in [-0.4, -0.2) is 33.6 Å². The molecule has 122 valence electrons. The first kappa shape index (κ1) is 16.1. The number of halogens is 1. The minimum absolute atomic E-state index is 0.153. The molecule has 7 nitrogen and oxygen atoms in total. The second-order valence-electron chi connectivity index (χ2n) is 4.80. The third-order valence-electron chi connectivity index (χ3n) is 3.29. The number of methoxy groups -OCH3 is 1. The van der Waals surface area contributed by atoms with Crippen molar-refractivity contribution < 1.29 is 14.3 Å². The molecule has 0 fully saturated rings. The van der Waals surface area contributed by atoms with Gasteiger partial charge >= 0.3 is 0 Å². The average Bonchev–Trinajstić information content (AvgIpc) is 3.09. The van der Waals surface area contributed by atoms with E-state index in [0.717, 1.165) is 16.4 Å². The van der Waals surface area contributed by atoms with E-state index in [1.54, 1.807) is 22.9 Å². The topological polar surface area (TPSA) is 79.1 Å². The summed E-state index contributed by atoms with van der Waals surface area (Å²) in [5, 5.41) is 11.7. The van der Waals surface area contributed by atoms with Crippen LogP contribution in [0.2, 0.25) is 0 Å². The third-order valence-corrected chi connectivity index (χ3v) is 3.81. The van der Waals surface area contributed by atoms with Crippen molar-refractivity contribution in [2.45, 2.75) is 6.61 Å². The van der Waals surface area contributed by atoms with Crippen molar-refractivity contribution in [2.24, 2.45) is 0 Å². The number of ether oxygens (including phenoxy) is 2. The van der Waals surface area contributed by atoms with Crippen molar-refractivity contribution in [1.29, 1.82) is 0 Å². The van der Waals surface area contributed by atoms with Crippen LogP contribution < -0.4 is 9.47 Å². The Bertz CT molecular complexity index is 849. The van der Waals surface area contributed by atoms with Crippen molar-refractivity contribution in [2.75, 3.05) is 7.11 Å². The standard InChI is InChI=1S/C16H13BrN4O3/c1-23-15-8-11(9-22)2-7-14(15)24-10-16-18-19-20-21(16)13-5-3-12(17)4-6-13/h2-9H,10H2,1H3. The van der Waals surface area contributed by atoms with Gasteiger partial charge in [-0.3, -0.25) is 4.79 Å². The van der Waals surface area contributed by atoms with E-state index in [9.17, 15) is 4.79 Å². The molecule has 0 aliphatic heterocycles. The molecule has 0 aliphatic carbocycles. The van der Waals surface area contributed by atoms with Crippen molar-refractivity contribution in [3.63, 3.8) is 0 Å². The summed E-state index contributed by atoms with van der Waals surface area (Å²) in [7, 11) is 1.52. The predicted octanol–water partition coefficient (Wildman–Crippen LogP) is 2.82. The molecule has 3 rings (SSSR count). The molecule has 0 atom stereocenters. The van der Waals surface area contributed by atoms with Gasteiger partial charge in [0.05, 0.1) is 12.8 Å². The summed E-state index contributed by atoms with van der Waals surface area (Å²) >= 11 is 3.39. The van der Waals surface area contributed by atoms with E-state index < -0.39 is 0 Å². The summed E-state index contributed by atoms with van der Waals surface area (Å²) in [4.78, 5) is 10.8. The highest BCUT2D eigenvalue weighted by Crippen LogP contribution is 2.28. The number of carbonyl (C=O) groups is 1. The zero-order chi connectivity index (χ0) is 16.9. The van der Waals surface area contributed by atoms with E-state index in [-0.39, 0.29) is 6.61 Å². The molecule has 1 heterocycles. The fraction of sp³-hybridized carbons (Fsp3) is 0.125. The number of benzene rings is 2. The van der Waals surface area contributed by atoms with Gasteiger partial charge in [-0.15, -0.1) is 5.10 Å². The van der Waals surface area contributed by atoms with Gasteiger partial charge in [0.1, 0.15) is 6.29 Å². The Balaban J connectivity index is 1.80. The number of rotatable bonds is 6. The Kier molecular flexibility index (Phi) is 4.85. The predicted molar refractivity (Wildman–Crippen MR) is 89.6 cm³/mol. The summed E-state index contributed by atoms with van der Waals surface area (Å²) in [6.07, 6.45) is 0.750. The highest BCUT2D eigenvalue weighted by atomic mass is 79.9. The lowest BCUT2D eigenvalue weighted by Crippen LogP contribution is -2.07. The number of carbonyl (C=O) groups excluding carboxylic acids is 1. The van der Waals surface area contributed by atoms with Gasteiger partial charge in [0.2, 0.25) is 0 Å². The van der Waals surface area contributed by atoms with Crippen molar-refractivity contribution in [3.8, 4) is 17.2 Å². The molecular weight excluding hydrogens is 376 g/mol. The zero-order valence-electron chi connectivity index (χ0n) is 12.7. The van der Waals surface area contributed by atoms with Gasteiger partial charge in [0, 0.05) is 10.0 Å². The molecule has 0 saturated heterocycles. The van der Waals surface area contributed by atoms with Gasteiger partial charge in [0.15, 0.2) is 23.9 Å². The van der Waals surface area contributed by atoms with Crippen molar-refractivity contribution in [1.82, 2.24) is 20.2 Å². The highest BCUT2D eigenvalue weighted by Gasteiger charge is 2.11. The van der Waals surface area contributed by atoms with E-state index in [4.69, 9.17) is 9.47 Å². The Morgan fingerprint density at radius 2 is 1.96 bits per heavy atom. The minimum atomic E-state index is 0.153. The first-order valence-corrected chi connectivity index (χ1v) is 7.80. The molecule has 2 aromatic carbocycles. The Hall–Kier alpha value is -2.74. The molecule has 0 amide bonds. The number of aldehydes is 1. The minimum Gasteiger partial charge on any atom is -0.493 e. The van der Waals surface area contributed by atoms with Crippen LogP contribution in [0.4, 0.5) is 0 Å². The monoisotopic (exact) mass is 388 g/mol. The van der Waals surface area contributed by atoms with E-state index in [1.165, 1.54) is 7.11 Å². The van der Waals surface area contributed by atoms with Gasteiger partial charge in [0.25, 0.3) is 0 Å². The van der Waals surface area contributed by atoms with E-state index >= 15 is 0 Å². The summed E-state index contributed by atoms with van der Waals surface area (Å²) in [5.74, 6) is 1.52. The van der Waals surface area contributed by atoms with Gasteiger partial charge in [-0.05, 0) is 52.9 Å². The van der Waals surface area contributed by atoms with Gasteiger partial charge in [-0.2, -0.15) is 4.68 Å². The third kappa shape index (κ3) is 3.43. The second-order valence-corrected chi connectivity index (χ2v) is 5.72. The number of nitrogens with zero attached hydrogens (tertiary/aromatic N) is 4. The summed E-state index contributed by atoms with van der Waals surface area (Å²) < 4.78 is 13.5. The lowest BCUT2D eigenvalue weighted by molar-refractivity contribution is 0.112. The maximum atomic E-state index is 10.8. The molecule has 1 aromatic heterocycles. The fourth-order valence-corrected chi connectivity index (χ4v) is 2.36. The second kappa shape index (κ2) is 7.22. The summed E-state index contributed by atoms with van der Waals surface area (Å²) in [5.41, 5.74) is 1.34. The largest absolute Gasteiger partial charge is 0.493 e. The molecule has 0 N–H and O–H groups in total. The lowest BCUT2D eigenvalue weighted by atomic mass is 10.2. The number of tetrazole rings is 1. The van der Waals surface area contributed by atoms with Gasteiger partial charge < -0.3 is 9.47 Å². The van der Waals surface area contributed by atoms with Crippen LogP contribution in [0.15, 0.2) is 46.9 Å². The van der Waals surface area contributed by atoms with Crippen LogP contribution in [0.3, 0.4) is 0 Å². The van der Waals surface area contributed by atoms with Crippen LogP contribution in [0.25, 0.3) is 5.69 Å². The molecule has 0 unspecified atom stereocenters. The highest BCUT2D eigenvalue weighted by molar-refractivity contribution is 9.10. The first-order chi connectivity index (χ1) is 11.7. The molecule has 0 radical (unpaired) electrons. The Morgan fingerprint density at radius 3 is 2.67 bits per heavy atom. The fourth-order valence-electron chi connectivity index (χ4n) is 2.10. The Morgan fingerprint density at radius 1 is 1.17 bits per heavy atom. The van der Waals surface area contributed by atoms with Crippen LogP contribution in [0.1, 0.15) is 16.2 Å². The number of hydrogen-bond donors (Lipinski definition) is 0. The quantitative estimate of drug-likeness (QED) is 0.604.